The van der Waals surface area contributed by atoms with E-state index in [0.717, 1.165) is 6.20 Å². The fourth-order valence-electron chi connectivity index (χ4n) is 1.25. The van der Waals surface area contributed by atoms with Gasteiger partial charge in [-0.3, -0.25) is 14.7 Å². The second-order valence-corrected chi connectivity index (χ2v) is 3.40. The molecule has 2 rings (SSSR count). The van der Waals surface area contributed by atoms with Crippen molar-refractivity contribution in [2.24, 2.45) is 0 Å². The lowest BCUT2D eigenvalue weighted by molar-refractivity contribution is -0.385. The monoisotopic (exact) mass is 249 g/mol. The zero-order valence-corrected chi connectivity index (χ0v) is 9.00. The SMILES string of the molecule is N#Cc1nccn1-c1ncc([N+](=O)[O-])cc1Cl. The van der Waals surface area contributed by atoms with Crippen molar-refractivity contribution < 1.29 is 4.92 Å². The Bertz CT molecular complexity index is 631. The van der Waals surface area contributed by atoms with Crippen molar-refractivity contribution in [3.8, 4) is 11.9 Å². The first-order chi connectivity index (χ1) is 8.13. The van der Waals surface area contributed by atoms with E-state index in [4.69, 9.17) is 16.9 Å². The molecular weight excluding hydrogens is 246 g/mol. The summed E-state index contributed by atoms with van der Waals surface area (Å²) in [5.41, 5.74) is -0.211. The molecule has 0 radical (unpaired) electrons. The van der Waals surface area contributed by atoms with Crippen molar-refractivity contribution in [3.63, 3.8) is 0 Å². The molecule has 7 nitrogen and oxygen atoms in total. The minimum absolute atomic E-state index is 0.0775. The van der Waals surface area contributed by atoms with Gasteiger partial charge < -0.3 is 0 Å². The van der Waals surface area contributed by atoms with Crippen LogP contribution in [0.25, 0.3) is 5.82 Å². The third kappa shape index (κ3) is 1.93. The molecule has 0 unspecified atom stereocenters. The van der Waals surface area contributed by atoms with Crippen LogP contribution < -0.4 is 0 Å². The quantitative estimate of drug-likeness (QED) is 0.596. The summed E-state index contributed by atoms with van der Waals surface area (Å²) in [5.74, 6) is 0.333. The summed E-state index contributed by atoms with van der Waals surface area (Å²) in [6, 6.07) is 3.03. The van der Waals surface area contributed by atoms with Crippen LogP contribution in [0.4, 0.5) is 5.69 Å². The number of aromatic nitrogens is 3. The minimum Gasteiger partial charge on any atom is -0.274 e. The topological polar surface area (TPSA) is 97.6 Å². The Hall–Kier alpha value is -2.46. The van der Waals surface area contributed by atoms with Crippen molar-refractivity contribution >= 4 is 17.3 Å². The molecule has 0 bridgehead atoms. The Labute approximate surface area is 100 Å². The fourth-order valence-corrected chi connectivity index (χ4v) is 1.51. The highest BCUT2D eigenvalue weighted by Crippen LogP contribution is 2.23. The summed E-state index contributed by atoms with van der Waals surface area (Å²) in [7, 11) is 0. The second-order valence-electron chi connectivity index (χ2n) is 2.99. The molecule has 0 saturated carbocycles. The summed E-state index contributed by atoms with van der Waals surface area (Å²) < 4.78 is 1.35. The van der Waals surface area contributed by atoms with Gasteiger partial charge >= 0.3 is 0 Å². The largest absolute Gasteiger partial charge is 0.289 e. The maximum Gasteiger partial charge on any atom is 0.289 e. The van der Waals surface area contributed by atoms with Crippen LogP contribution in [0.2, 0.25) is 5.02 Å². The lowest BCUT2D eigenvalue weighted by atomic mass is 10.4. The number of halogens is 1. The summed E-state index contributed by atoms with van der Waals surface area (Å²) in [6.07, 6.45) is 3.99. The van der Waals surface area contributed by atoms with Crippen LogP contribution in [0.1, 0.15) is 5.82 Å². The molecule has 0 aromatic carbocycles. The summed E-state index contributed by atoms with van der Waals surface area (Å²) >= 11 is 5.87. The van der Waals surface area contributed by atoms with E-state index in [9.17, 15) is 10.1 Å². The zero-order chi connectivity index (χ0) is 12.4. The molecule has 0 aliphatic heterocycles. The van der Waals surface area contributed by atoms with Crippen molar-refractivity contribution in [2.45, 2.75) is 0 Å². The third-order valence-corrected chi connectivity index (χ3v) is 2.27. The Morgan fingerprint density at radius 3 is 2.88 bits per heavy atom. The molecule has 0 atom stereocenters. The van der Waals surface area contributed by atoms with Crippen LogP contribution >= 0.6 is 11.6 Å². The third-order valence-electron chi connectivity index (χ3n) is 1.99. The molecule has 2 aromatic rings. The molecule has 84 valence electrons. The molecule has 2 aromatic heterocycles. The van der Waals surface area contributed by atoms with Gasteiger partial charge in [-0.2, -0.15) is 5.26 Å². The van der Waals surface area contributed by atoms with E-state index >= 15 is 0 Å². The molecule has 0 amide bonds. The lowest BCUT2D eigenvalue weighted by Crippen LogP contribution is -2.01. The van der Waals surface area contributed by atoms with Gasteiger partial charge in [0, 0.05) is 18.5 Å². The maximum atomic E-state index is 10.5. The van der Waals surface area contributed by atoms with Gasteiger partial charge in [-0.25, -0.2) is 9.97 Å². The van der Waals surface area contributed by atoms with Crippen LogP contribution in [0.5, 0.6) is 0 Å². The van der Waals surface area contributed by atoms with Crippen LogP contribution in [-0.4, -0.2) is 19.5 Å². The Balaban J connectivity index is 2.55. The van der Waals surface area contributed by atoms with E-state index in [2.05, 4.69) is 9.97 Å². The van der Waals surface area contributed by atoms with Crippen LogP contribution in [-0.2, 0) is 0 Å². The predicted octanol–water partition coefficient (Wildman–Crippen LogP) is 1.70. The highest BCUT2D eigenvalue weighted by molar-refractivity contribution is 6.32. The van der Waals surface area contributed by atoms with E-state index < -0.39 is 4.92 Å². The second kappa shape index (κ2) is 4.19. The maximum absolute atomic E-state index is 10.5. The molecule has 17 heavy (non-hydrogen) atoms. The highest BCUT2D eigenvalue weighted by atomic mass is 35.5. The number of nitrogens with zero attached hydrogens (tertiary/aromatic N) is 5. The average molecular weight is 250 g/mol. The van der Waals surface area contributed by atoms with Gasteiger partial charge in [0.05, 0.1) is 9.95 Å². The Morgan fingerprint density at radius 1 is 1.53 bits per heavy atom. The van der Waals surface area contributed by atoms with Gasteiger partial charge in [-0.05, 0) is 0 Å². The highest BCUT2D eigenvalue weighted by Gasteiger charge is 2.14. The molecule has 0 aliphatic rings. The first-order valence-corrected chi connectivity index (χ1v) is 4.75. The van der Waals surface area contributed by atoms with E-state index in [1.165, 1.54) is 23.0 Å². The molecule has 2 heterocycles. The molecule has 0 saturated heterocycles. The van der Waals surface area contributed by atoms with Gasteiger partial charge in [0.1, 0.15) is 12.3 Å². The number of imidazole rings is 1. The van der Waals surface area contributed by atoms with Crippen molar-refractivity contribution in [2.75, 3.05) is 0 Å². The Kier molecular flexibility index (Phi) is 2.72. The van der Waals surface area contributed by atoms with Crippen LogP contribution in [0, 0.1) is 21.4 Å². The number of hydrogen-bond donors (Lipinski definition) is 0. The van der Waals surface area contributed by atoms with E-state index in [-0.39, 0.29) is 22.4 Å². The molecule has 0 N–H and O–H groups in total. The molecular formula is C9H4ClN5O2. The standard InChI is InChI=1S/C9H4ClN5O2/c10-7-3-6(15(16)17)5-13-9(7)14-2-1-12-8(14)4-11/h1-3,5H. The normalized spacial score (nSPS) is 9.88. The van der Waals surface area contributed by atoms with E-state index in [0.29, 0.717) is 0 Å². The number of nitro groups is 1. The van der Waals surface area contributed by atoms with Gasteiger partial charge in [-0.1, -0.05) is 11.6 Å². The lowest BCUT2D eigenvalue weighted by Gasteiger charge is -2.04. The van der Waals surface area contributed by atoms with Gasteiger partial charge in [-0.15, -0.1) is 0 Å². The molecule has 8 heteroatoms. The van der Waals surface area contributed by atoms with Crippen molar-refractivity contribution in [1.82, 2.24) is 14.5 Å². The number of rotatable bonds is 2. The van der Waals surface area contributed by atoms with E-state index in [1.807, 2.05) is 6.07 Å². The van der Waals surface area contributed by atoms with Gasteiger partial charge in [0.25, 0.3) is 5.69 Å². The van der Waals surface area contributed by atoms with E-state index in [1.54, 1.807) is 0 Å². The molecule has 0 aliphatic carbocycles. The smallest absolute Gasteiger partial charge is 0.274 e. The number of hydrogen-bond acceptors (Lipinski definition) is 5. The fraction of sp³-hybridized carbons (Fsp3) is 0. The summed E-state index contributed by atoms with van der Waals surface area (Å²) in [4.78, 5) is 17.5. The zero-order valence-electron chi connectivity index (χ0n) is 8.24. The molecule has 0 fully saturated rings. The van der Waals surface area contributed by atoms with Gasteiger partial charge in [0.2, 0.25) is 5.82 Å². The Morgan fingerprint density at radius 2 is 2.29 bits per heavy atom. The summed E-state index contributed by atoms with van der Waals surface area (Å²) in [5, 5.41) is 19.4. The van der Waals surface area contributed by atoms with Crippen molar-refractivity contribution in [3.05, 3.63) is 45.6 Å². The first kappa shape index (κ1) is 11.0. The van der Waals surface area contributed by atoms with Crippen molar-refractivity contribution in [1.29, 1.82) is 5.26 Å². The molecule has 0 spiro atoms. The van der Waals surface area contributed by atoms with Crippen LogP contribution in [0.3, 0.4) is 0 Å². The van der Waals surface area contributed by atoms with Crippen LogP contribution in [0.15, 0.2) is 24.7 Å². The van der Waals surface area contributed by atoms with Gasteiger partial charge in [0.15, 0.2) is 5.82 Å². The minimum atomic E-state index is -0.595. The number of pyridine rings is 1. The average Bonchev–Trinajstić information content (AvgIpc) is 2.76. The summed E-state index contributed by atoms with van der Waals surface area (Å²) in [6.45, 7) is 0. The number of nitriles is 1. The predicted molar refractivity (Wildman–Crippen MR) is 57.7 cm³/mol. The first-order valence-electron chi connectivity index (χ1n) is 4.37.